The van der Waals surface area contributed by atoms with Gasteiger partial charge in [-0.15, -0.1) is 0 Å². The number of guanidine groups is 2. The van der Waals surface area contributed by atoms with Gasteiger partial charge in [-0.25, -0.2) is 9.38 Å². The first-order valence-corrected chi connectivity index (χ1v) is 5.46. The molecule has 0 saturated heterocycles. The predicted octanol–water partition coefficient (Wildman–Crippen LogP) is 1.41. The lowest BCUT2D eigenvalue weighted by atomic mass is 10.3. The monoisotopic (exact) mass is 339 g/mol. The Kier molecular flexibility index (Phi) is 4.98. The van der Waals surface area contributed by atoms with E-state index < -0.39 is 18.4 Å². The summed E-state index contributed by atoms with van der Waals surface area (Å²) in [5, 5.41) is 0. The third-order valence-corrected chi connectivity index (χ3v) is 2.26. The SMILES string of the molecule is NC(N)=NC(N)=Nc1cc(F)cc(Br)c1OC(F)F. The van der Waals surface area contributed by atoms with Crippen LogP contribution in [0, 0.1) is 5.82 Å². The first kappa shape index (κ1) is 15.1. The van der Waals surface area contributed by atoms with Crippen LogP contribution in [0.15, 0.2) is 26.6 Å². The van der Waals surface area contributed by atoms with Crippen LogP contribution in [0.3, 0.4) is 0 Å². The van der Waals surface area contributed by atoms with E-state index in [-0.39, 0.29) is 21.9 Å². The first-order valence-electron chi connectivity index (χ1n) is 4.67. The van der Waals surface area contributed by atoms with Crippen molar-refractivity contribution in [1.29, 1.82) is 0 Å². The van der Waals surface area contributed by atoms with Crippen LogP contribution in [0.25, 0.3) is 0 Å². The molecule has 6 nitrogen and oxygen atoms in total. The van der Waals surface area contributed by atoms with E-state index in [1.54, 1.807) is 0 Å². The Bertz CT molecular complexity index is 531. The van der Waals surface area contributed by atoms with E-state index in [1.807, 2.05) is 0 Å². The summed E-state index contributed by atoms with van der Waals surface area (Å²) in [6.07, 6.45) is 0. The van der Waals surface area contributed by atoms with Crippen molar-refractivity contribution in [3.05, 3.63) is 22.4 Å². The lowest BCUT2D eigenvalue weighted by molar-refractivity contribution is -0.0499. The zero-order valence-corrected chi connectivity index (χ0v) is 10.9. The van der Waals surface area contributed by atoms with Crippen LogP contribution in [0.1, 0.15) is 0 Å². The van der Waals surface area contributed by atoms with Crippen LogP contribution in [0.4, 0.5) is 18.9 Å². The van der Waals surface area contributed by atoms with Crippen molar-refractivity contribution in [1.82, 2.24) is 0 Å². The zero-order valence-electron chi connectivity index (χ0n) is 9.28. The van der Waals surface area contributed by atoms with E-state index in [9.17, 15) is 13.2 Å². The van der Waals surface area contributed by atoms with Gasteiger partial charge in [-0.3, -0.25) is 0 Å². The zero-order chi connectivity index (χ0) is 14.6. The first-order chi connectivity index (χ1) is 8.79. The molecule has 104 valence electrons. The highest BCUT2D eigenvalue weighted by atomic mass is 79.9. The molecule has 0 aliphatic rings. The van der Waals surface area contributed by atoms with Gasteiger partial charge in [-0.05, 0) is 22.0 Å². The second kappa shape index (κ2) is 6.27. The number of aliphatic imine (C=N–C) groups is 2. The number of nitrogens with zero attached hydrogens (tertiary/aromatic N) is 2. The Hall–Kier alpha value is -1.97. The highest BCUT2D eigenvalue weighted by molar-refractivity contribution is 9.10. The summed E-state index contributed by atoms with van der Waals surface area (Å²) in [5.74, 6) is -1.93. The van der Waals surface area contributed by atoms with Gasteiger partial charge < -0.3 is 21.9 Å². The molecule has 1 aromatic rings. The molecule has 0 atom stereocenters. The number of benzene rings is 1. The van der Waals surface area contributed by atoms with Crippen molar-refractivity contribution in [2.24, 2.45) is 27.2 Å². The molecule has 19 heavy (non-hydrogen) atoms. The molecule has 0 aromatic heterocycles. The van der Waals surface area contributed by atoms with Gasteiger partial charge in [-0.1, -0.05) is 0 Å². The molecule has 0 radical (unpaired) electrons. The Balaban J connectivity index is 3.28. The lowest BCUT2D eigenvalue weighted by Crippen LogP contribution is -2.26. The van der Waals surface area contributed by atoms with Gasteiger partial charge >= 0.3 is 6.61 Å². The van der Waals surface area contributed by atoms with E-state index in [4.69, 9.17) is 17.2 Å². The maximum absolute atomic E-state index is 13.2. The Morgan fingerprint density at radius 2 is 1.89 bits per heavy atom. The molecule has 10 heteroatoms. The molecule has 1 aromatic carbocycles. The number of hydrogen-bond acceptors (Lipinski definition) is 2. The van der Waals surface area contributed by atoms with Crippen molar-refractivity contribution < 1.29 is 17.9 Å². The Morgan fingerprint density at radius 1 is 1.26 bits per heavy atom. The quantitative estimate of drug-likeness (QED) is 0.570. The standard InChI is InChI=1S/C9H9BrF3N5O/c10-4-1-3(11)2-5(6(4)19-7(12)13)17-9(16)18-8(14)15/h1-2,7H,(H6,14,15,16,17,18). The molecular formula is C9H9BrF3N5O. The number of alkyl halides is 2. The van der Waals surface area contributed by atoms with Crippen LogP contribution in [-0.2, 0) is 0 Å². The number of hydrogen-bond donors (Lipinski definition) is 3. The third-order valence-electron chi connectivity index (χ3n) is 1.67. The fraction of sp³-hybridized carbons (Fsp3) is 0.111. The lowest BCUT2D eigenvalue weighted by Gasteiger charge is -2.10. The van der Waals surface area contributed by atoms with E-state index in [0.717, 1.165) is 12.1 Å². The summed E-state index contributed by atoms with van der Waals surface area (Å²) in [6.45, 7) is -3.11. The summed E-state index contributed by atoms with van der Waals surface area (Å²) in [4.78, 5) is 6.96. The molecular weight excluding hydrogens is 331 g/mol. The Morgan fingerprint density at radius 3 is 2.42 bits per heavy atom. The summed E-state index contributed by atoms with van der Waals surface area (Å²) in [6, 6.07) is 1.78. The molecule has 0 amide bonds. The number of nitrogens with two attached hydrogens (primary N) is 3. The minimum atomic E-state index is -3.11. The van der Waals surface area contributed by atoms with Gasteiger partial charge in [0.2, 0.25) is 5.96 Å². The molecule has 0 saturated carbocycles. The third kappa shape index (κ3) is 4.66. The minimum absolute atomic E-state index is 0.0518. The summed E-state index contributed by atoms with van der Waals surface area (Å²) in [7, 11) is 0. The fourth-order valence-corrected chi connectivity index (χ4v) is 1.63. The van der Waals surface area contributed by atoms with Crippen LogP contribution in [-0.4, -0.2) is 18.5 Å². The average Bonchev–Trinajstić information content (AvgIpc) is 2.21. The van der Waals surface area contributed by atoms with Crippen LogP contribution in [0.5, 0.6) is 5.75 Å². The molecule has 0 unspecified atom stereocenters. The molecule has 0 aliphatic carbocycles. The van der Waals surface area contributed by atoms with Gasteiger partial charge in [0.05, 0.1) is 4.47 Å². The summed E-state index contributed by atoms with van der Waals surface area (Å²) >= 11 is 2.87. The van der Waals surface area contributed by atoms with Crippen molar-refractivity contribution in [3.8, 4) is 5.75 Å². The minimum Gasteiger partial charge on any atom is -0.431 e. The van der Waals surface area contributed by atoms with E-state index in [0.29, 0.717) is 0 Å². The topological polar surface area (TPSA) is 112 Å². The molecule has 0 bridgehead atoms. The predicted molar refractivity (Wildman–Crippen MR) is 67.8 cm³/mol. The van der Waals surface area contributed by atoms with E-state index in [1.165, 1.54) is 0 Å². The highest BCUT2D eigenvalue weighted by Crippen LogP contribution is 2.37. The fourth-order valence-electron chi connectivity index (χ4n) is 1.12. The van der Waals surface area contributed by atoms with Gasteiger partial charge in [0.15, 0.2) is 11.7 Å². The molecule has 1 rings (SSSR count). The molecule has 0 spiro atoms. The van der Waals surface area contributed by atoms with Crippen molar-refractivity contribution >= 4 is 33.5 Å². The smallest absolute Gasteiger partial charge is 0.387 e. The van der Waals surface area contributed by atoms with Gasteiger partial charge in [0.1, 0.15) is 11.5 Å². The van der Waals surface area contributed by atoms with Gasteiger partial charge in [0.25, 0.3) is 0 Å². The Labute approximate surface area is 114 Å². The average molecular weight is 340 g/mol. The maximum atomic E-state index is 13.2. The van der Waals surface area contributed by atoms with Crippen molar-refractivity contribution in [2.45, 2.75) is 6.61 Å². The van der Waals surface area contributed by atoms with E-state index >= 15 is 0 Å². The van der Waals surface area contributed by atoms with Crippen LogP contribution >= 0.6 is 15.9 Å². The highest BCUT2D eigenvalue weighted by Gasteiger charge is 2.15. The normalized spacial score (nSPS) is 11.5. The van der Waals surface area contributed by atoms with Gasteiger partial charge in [0, 0.05) is 6.07 Å². The number of rotatable bonds is 3. The molecule has 0 aliphatic heterocycles. The second-order valence-corrected chi connectivity index (χ2v) is 3.98. The molecule has 0 heterocycles. The molecule has 6 N–H and O–H groups in total. The van der Waals surface area contributed by atoms with E-state index in [2.05, 4.69) is 30.7 Å². The second-order valence-electron chi connectivity index (χ2n) is 3.12. The van der Waals surface area contributed by atoms with Crippen molar-refractivity contribution in [3.63, 3.8) is 0 Å². The van der Waals surface area contributed by atoms with Crippen molar-refractivity contribution in [2.75, 3.05) is 0 Å². The van der Waals surface area contributed by atoms with Crippen LogP contribution in [0.2, 0.25) is 0 Å². The summed E-state index contributed by atoms with van der Waals surface area (Å²) in [5.41, 5.74) is 15.2. The summed E-state index contributed by atoms with van der Waals surface area (Å²) < 4.78 is 41.8. The number of halogens is 4. The van der Waals surface area contributed by atoms with Gasteiger partial charge in [-0.2, -0.15) is 13.8 Å². The number of ether oxygens (including phenoxy) is 1. The molecule has 0 fully saturated rings. The van der Waals surface area contributed by atoms with Crippen LogP contribution < -0.4 is 21.9 Å². The largest absolute Gasteiger partial charge is 0.431 e. The maximum Gasteiger partial charge on any atom is 0.387 e.